The zero-order valence-corrected chi connectivity index (χ0v) is 19.7. The Balaban J connectivity index is 1.39. The van der Waals surface area contributed by atoms with E-state index in [1.165, 1.54) is 30.5 Å². The molecule has 0 atom stereocenters. The maximum Gasteiger partial charge on any atom is 0.224 e. The molecule has 7 nitrogen and oxygen atoms in total. The van der Waals surface area contributed by atoms with Gasteiger partial charge in [0.15, 0.2) is 5.65 Å². The molecule has 2 N–H and O–H groups in total. The number of hydrogen-bond acceptors (Lipinski definition) is 6. The van der Waals surface area contributed by atoms with Gasteiger partial charge in [-0.15, -0.1) is 0 Å². The first-order chi connectivity index (χ1) is 17.7. The van der Waals surface area contributed by atoms with E-state index in [0.717, 1.165) is 29.7 Å². The Bertz CT molecular complexity index is 1480. The van der Waals surface area contributed by atoms with Gasteiger partial charge in [0.2, 0.25) is 5.95 Å². The first-order valence-electron chi connectivity index (χ1n) is 12.3. The fraction of sp³-hybridized carbons (Fsp3) is 0.214. The lowest BCUT2D eigenvalue weighted by molar-refractivity contribution is 0.628. The molecule has 0 spiro atoms. The zero-order valence-electron chi connectivity index (χ0n) is 19.7. The highest BCUT2D eigenvalue weighted by atomic mass is 19.1. The Morgan fingerprint density at radius 3 is 2.47 bits per heavy atom. The van der Waals surface area contributed by atoms with Gasteiger partial charge < -0.3 is 10.6 Å². The minimum Gasteiger partial charge on any atom is -0.366 e. The molecule has 0 unspecified atom stereocenters. The number of nitrogens with zero attached hydrogens (tertiary/aromatic N) is 5. The number of benzene rings is 2. The van der Waals surface area contributed by atoms with Crippen molar-refractivity contribution in [1.29, 1.82) is 0 Å². The number of hydrogen-bond donors (Lipinski definition) is 2. The molecule has 1 saturated carbocycles. The van der Waals surface area contributed by atoms with E-state index in [2.05, 4.69) is 27.8 Å². The van der Waals surface area contributed by atoms with Gasteiger partial charge in [-0.3, -0.25) is 4.57 Å². The summed E-state index contributed by atoms with van der Waals surface area (Å²) in [5.74, 6) is 2.35. The van der Waals surface area contributed by atoms with Crippen LogP contribution in [0, 0.1) is 5.82 Å². The standard InChI is InChI=1S/C28H26FN7/c29-21-12-10-20(11-13-21)27-35-26-23(14-15-24(33-26)31-18-19-6-2-1-3-7-19)36(27)25-16-17-30-28(34-25)32-22-8-4-5-9-22/h1-3,6-7,10-17,22H,4-5,8-9,18H2,(H,31,33)(H,30,32,34). The van der Waals surface area contributed by atoms with Crippen molar-refractivity contribution in [3.8, 4) is 17.2 Å². The van der Waals surface area contributed by atoms with Gasteiger partial charge in [-0.05, 0) is 60.9 Å². The average molecular weight is 480 g/mol. The predicted octanol–water partition coefficient (Wildman–Crippen LogP) is 5.98. The first kappa shape index (κ1) is 22.2. The van der Waals surface area contributed by atoms with E-state index in [0.29, 0.717) is 35.8 Å². The molecule has 3 heterocycles. The molecule has 3 aromatic heterocycles. The van der Waals surface area contributed by atoms with Gasteiger partial charge in [0.05, 0.1) is 5.52 Å². The van der Waals surface area contributed by atoms with E-state index in [-0.39, 0.29) is 5.82 Å². The van der Waals surface area contributed by atoms with Gasteiger partial charge in [0.25, 0.3) is 0 Å². The molecule has 0 radical (unpaired) electrons. The maximum absolute atomic E-state index is 13.7. The molecule has 5 aromatic rings. The van der Waals surface area contributed by atoms with Crippen LogP contribution < -0.4 is 10.6 Å². The maximum atomic E-state index is 13.7. The summed E-state index contributed by atoms with van der Waals surface area (Å²) in [5, 5.41) is 6.84. The zero-order chi connectivity index (χ0) is 24.3. The molecule has 1 aliphatic carbocycles. The van der Waals surface area contributed by atoms with Crippen LogP contribution in [0.4, 0.5) is 16.2 Å². The van der Waals surface area contributed by atoms with Crippen molar-refractivity contribution in [3.63, 3.8) is 0 Å². The first-order valence-corrected chi connectivity index (χ1v) is 12.3. The van der Waals surface area contributed by atoms with Gasteiger partial charge in [-0.1, -0.05) is 43.2 Å². The van der Waals surface area contributed by atoms with Crippen molar-refractivity contribution < 1.29 is 4.39 Å². The summed E-state index contributed by atoms with van der Waals surface area (Å²) >= 11 is 0. The second-order valence-electron chi connectivity index (χ2n) is 9.02. The molecule has 0 saturated heterocycles. The summed E-state index contributed by atoms with van der Waals surface area (Å²) in [7, 11) is 0. The highest BCUT2D eigenvalue weighted by Gasteiger charge is 2.19. The minimum absolute atomic E-state index is 0.294. The molecule has 1 aliphatic rings. The molecule has 0 bridgehead atoms. The molecule has 1 fully saturated rings. The highest BCUT2D eigenvalue weighted by Crippen LogP contribution is 2.29. The molecule has 2 aromatic carbocycles. The van der Waals surface area contributed by atoms with Crippen molar-refractivity contribution in [3.05, 3.63) is 90.4 Å². The van der Waals surface area contributed by atoms with Crippen LogP contribution in [0.1, 0.15) is 31.2 Å². The van der Waals surface area contributed by atoms with Crippen molar-refractivity contribution in [2.45, 2.75) is 38.3 Å². The SMILES string of the molecule is Fc1ccc(-c2nc3nc(NCc4ccccc4)ccc3n2-c2ccnc(NC3CCCC3)n2)cc1. The fourth-order valence-electron chi connectivity index (χ4n) is 4.67. The molecule has 6 rings (SSSR count). The Labute approximate surface area is 208 Å². The van der Waals surface area contributed by atoms with E-state index >= 15 is 0 Å². The van der Waals surface area contributed by atoms with Crippen LogP contribution in [0.2, 0.25) is 0 Å². The van der Waals surface area contributed by atoms with Gasteiger partial charge >= 0.3 is 0 Å². The normalized spacial score (nSPS) is 13.8. The minimum atomic E-state index is -0.294. The molecule has 180 valence electrons. The molecule has 0 amide bonds. The molecular weight excluding hydrogens is 453 g/mol. The molecule has 36 heavy (non-hydrogen) atoms. The number of nitrogens with one attached hydrogen (secondary N) is 2. The number of pyridine rings is 1. The molecule has 0 aliphatic heterocycles. The number of imidazole rings is 1. The van der Waals surface area contributed by atoms with Gasteiger partial charge in [0, 0.05) is 24.3 Å². The lowest BCUT2D eigenvalue weighted by atomic mass is 10.2. The highest BCUT2D eigenvalue weighted by molar-refractivity contribution is 5.81. The van der Waals surface area contributed by atoms with Crippen LogP contribution in [-0.2, 0) is 6.54 Å². The summed E-state index contributed by atoms with van der Waals surface area (Å²) in [4.78, 5) is 18.9. The largest absolute Gasteiger partial charge is 0.366 e. The average Bonchev–Trinajstić information content (AvgIpc) is 3.56. The van der Waals surface area contributed by atoms with Gasteiger partial charge in [-0.25, -0.2) is 19.3 Å². The Morgan fingerprint density at radius 2 is 1.67 bits per heavy atom. The Morgan fingerprint density at radius 1 is 0.861 bits per heavy atom. The number of fused-ring (bicyclic) bond motifs is 1. The van der Waals surface area contributed by atoms with E-state index in [4.69, 9.17) is 15.0 Å². The summed E-state index contributed by atoms with van der Waals surface area (Å²) < 4.78 is 15.6. The third kappa shape index (κ3) is 4.62. The summed E-state index contributed by atoms with van der Waals surface area (Å²) in [6.45, 7) is 0.660. The van der Waals surface area contributed by atoms with Crippen LogP contribution in [-0.4, -0.2) is 30.5 Å². The summed E-state index contributed by atoms with van der Waals surface area (Å²) in [6.07, 6.45) is 6.47. The van der Waals surface area contributed by atoms with Gasteiger partial charge in [0.1, 0.15) is 23.3 Å². The smallest absolute Gasteiger partial charge is 0.224 e. The second kappa shape index (κ2) is 9.73. The summed E-state index contributed by atoms with van der Waals surface area (Å²) in [5.41, 5.74) is 3.33. The van der Waals surface area contributed by atoms with Crippen molar-refractivity contribution in [2.75, 3.05) is 10.6 Å². The van der Waals surface area contributed by atoms with Crippen molar-refractivity contribution in [1.82, 2.24) is 24.5 Å². The van der Waals surface area contributed by atoms with E-state index in [1.807, 2.05) is 41.0 Å². The lowest BCUT2D eigenvalue weighted by Crippen LogP contribution is -2.17. The van der Waals surface area contributed by atoms with Crippen LogP contribution in [0.25, 0.3) is 28.4 Å². The van der Waals surface area contributed by atoms with Crippen molar-refractivity contribution >= 4 is 22.9 Å². The number of anilines is 2. The molecule has 8 heteroatoms. The van der Waals surface area contributed by atoms with E-state index in [1.54, 1.807) is 18.3 Å². The monoisotopic (exact) mass is 479 g/mol. The van der Waals surface area contributed by atoms with Crippen LogP contribution >= 0.6 is 0 Å². The van der Waals surface area contributed by atoms with Crippen LogP contribution in [0.15, 0.2) is 79.0 Å². The quantitative estimate of drug-likeness (QED) is 0.299. The van der Waals surface area contributed by atoms with Crippen LogP contribution in [0.5, 0.6) is 0 Å². The van der Waals surface area contributed by atoms with E-state index in [9.17, 15) is 4.39 Å². The Hall–Kier alpha value is -4.33. The van der Waals surface area contributed by atoms with Gasteiger partial charge in [-0.2, -0.15) is 4.98 Å². The summed E-state index contributed by atoms with van der Waals surface area (Å²) in [6, 6.07) is 22.7. The second-order valence-corrected chi connectivity index (χ2v) is 9.02. The predicted molar refractivity (Wildman–Crippen MR) is 139 cm³/mol. The van der Waals surface area contributed by atoms with E-state index < -0.39 is 0 Å². The third-order valence-corrected chi connectivity index (χ3v) is 6.50. The number of halogens is 1. The lowest BCUT2D eigenvalue weighted by Gasteiger charge is -2.14. The number of aromatic nitrogens is 5. The molecular formula is C28H26FN7. The topological polar surface area (TPSA) is 80.5 Å². The fourth-order valence-corrected chi connectivity index (χ4v) is 4.67. The van der Waals surface area contributed by atoms with Crippen LogP contribution in [0.3, 0.4) is 0 Å². The van der Waals surface area contributed by atoms with Crippen molar-refractivity contribution in [2.24, 2.45) is 0 Å². The third-order valence-electron chi connectivity index (χ3n) is 6.50. The number of rotatable bonds is 7. The Kier molecular flexibility index (Phi) is 5.99.